The van der Waals surface area contributed by atoms with Gasteiger partial charge in [0.2, 0.25) is 0 Å². The van der Waals surface area contributed by atoms with Crippen LogP contribution >= 0.6 is 0 Å². The highest BCUT2D eigenvalue weighted by molar-refractivity contribution is 5.80. The van der Waals surface area contributed by atoms with Gasteiger partial charge < -0.3 is 9.94 Å². The number of hydrogen-bond acceptors (Lipinski definition) is 2. The van der Waals surface area contributed by atoms with Gasteiger partial charge in [-0.1, -0.05) is 4.73 Å². The monoisotopic (exact) mass is 255 g/mol. The van der Waals surface area contributed by atoms with Crippen LogP contribution in [-0.2, 0) is 0 Å². The largest absolute Gasteiger partial charge is 0.494 e. The third-order valence-electron chi connectivity index (χ3n) is 3.03. The first-order chi connectivity index (χ1) is 9.28. The van der Waals surface area contributed by atoms with Crippen molar-refractivity contribution >= 4 is 11.0 Å². The Labute approximate surface area is 110 Å². The molecule has 2 heterocycles. The van der Waals surface area contributed by atoms with Gasteiger partial charge in [-0.2, -0.15) is 0 Å². The van der Waals surface area contributed by atoms with Crippen molar-refractivity contribution < 1.29 is 14.7 Å². The molecule has 19 heavy (non-hydrogen) atoms. The number of benzene rings is 1. The molecule has 0 aliphatic heterocycles. The van der Waals surface area contributed by atoms with Crippen molar-refractivity contribution in [1.82, 2.24) is 4.98 Å². The molecule has 0 atom stereocenters. The van der Waals surface area contributed by atoms with E-state index >= 15 is 0 Å². The highest BCUT2D eigenvalue weighted by Crippen LogP contribution is 2.24. The van der Waals surface area contributed by atoms with Crippen LogP contribution in [0.15, 0.2) is 48.7 Å². The second-order valence-corrected chi connectivity index (χ2v) is 4.30. The fraction of sp³-hybridized carbons (Fsp3) is 0.133. The van der Waals surface area contributed by atoms with Gasteiger partial charge in [0, 0.05) is 11.6 Å². The lowest BCUT2D eigenvalue weighted by atomic mass is 10.1. The van der Waals surface area contributed by atoms with Crippen LogP contribution in [-0.4, -0.2) is 16.8 Å². The standard InChI is InChI=1S/C15H14N2O2/c1-2-19-13-7-5-11(6-8-13)14-10-12-4-3-9-17(18)15(12)16-14/h3-10,18H,2H2,1H3/p+1. The van der Waals surface area contributed by atoms with Crippen LogP contribution in [0.5, 0.6) is 5.75 Å². The van der Waals surface area contributed by atoms with Crippen molar-refractivity contribution in [1.29, 1.82) is 0 Å². The predicted octanol–water partition coefficient (Wildman–Crippen LogP) is 2.76. The molecule has 0 radical (unpaired) electrons. The van der Waals surface area contributed by atoms with E-state index in [2.05, 4.69) is 4.98 Å². The summed E-state index contributed by atoms with van der Waals surface area (Å²) < 4.78 is 6.51. The molecule has 4 nitrogen and oxygen atoms in total. The maximum Gasteiger partial charge on any atom is 0.326 e. The second-order valence-electron chi connectivity index (χ2n) is 4.30. The summed E-state index contributed by atoms with van der Waals surface area (Å²) in [6.45, 7) is 2.63. The Morgan fingerprint density at radius 2 is 2.00 bits per heavy atom. The summed E-state index contributed by atoms with van der Waals surface area (Å²) in [6, 6.07) is 13.6. The van der Waals surface area contributed by atoms with Crippen LogP contribution in [0.25, 0.3) is 22.3 Å². The lowest BCUT2D eigenvalue weighted by Gasteiger charge is -2.02. The first-order valence-electron chi connectivity index (χ1n) is 6.24. The summed E-state index contributed by atoms with van der Waals surface area (Å²) in [6.07, 6.45) is 1.60. The Kier molecular flexibility index (Phi) is 2.83. The van der Waals surface area contributed by atoms with E-state index in [1.54, 1.807) is 12.3 Å². The molecule has 2 aromatic heterocycles. The maximum absolute atomic E-state index is 9.71. The van der Waals surface area contributed by atoms with Gasteiger partial charge >= 0.3 is 5.65 Å². The van der Waals surface area contributed by atoms with E-state index in [4.69, 9.17) is 4.74 Å². The maximum atomic E-state index is 9.71. The molecule has 0 saturated carbocycles. The highest BCUT2D eigenvalue weighted by Gasteiger charge is 2.12. The third kappa shape index (κ3) is 2.12. The smallest absolute Gasteiger partial charge is 0.326 e. The van der Waals surface area contributed by atoms with Crippen molar-refractivity contribution in [2.45, 2.75) is 6.92 Å². The normalized spacial score (nSPS) is 10.8. The number of aromatic amines is 1. The fourth-order valence-electron chi connectivity index (χ4n) is 2.13. The van der Waals surface area contributed by atoms with E-state index in [1.165, 1.54) is 0 Å². The Morgan fingerprint density at radius 3 is 2.68 bits per heavy atom. The lowest BCUT2D eigenvalue weighted by Crippen LogP contribution is -2.29. The zero-order valence-electron chi connectivity index (χ0n) is 10.6. The van der Waals surface area contributed by atoms with Crippen molar-refractivity contribution in [3.63, 3.8) is 0 Å². The van der Waals surface area contributed by atoms with Gasteiger partial charge in [-0.25, -0.2) is 4.98 Å². The number of nitrogens with zero attached hydrogens (tertiary/aromatic N) is 1. The minimum absolute atomic E-state index is 0.663. The molecule has 3 aromatic rings. The summed E-state index contributed by atoms with van der Waals surface area (Å²) in [7, 11) is 0. The minimum atomic E-state index is 0.663. The van der Waals surface area contributed by atoms with Crippen molar-refractivity contribution in [3.05, 3.63) is 48.7 Å². The molecule has 0 fully saturated rings. The molecule has 0 spiro atoms. The van der Waals surface area contributed by atoms with E-state index in [-0.39, 0.29) is 0 Å². The van der Waals surface area contributed by atoms with Crippen molar-refractivity contribution in [2.75, 3.05) is 6.61 Å². The van der Waals surface area contributed by atoms with Gasteiger partial charge in [0.15, 0.2) is 0 Å². The van der Waals surface area contributed by atoms with Gasteiger partial charge in [0.1, 0.15) is 17.6 Å². The molecular formula is C15H15N2O2+. The van der Waals surface area contributed by atoms with Crippen LogP contribution in [0.1, 0.15) is 6.92 Å². The van der Waals surface area contributed by atoms with E-state index in [1.807, 2.05) is 43.3 Å². The molecule has 4 heteroatoms. The molecular weight excluding hydrogens is 240 g/mol. The Bertz CT molecular complexity index is 702. The number of pyridine rings is 1. The molecule has 96 valence electrons. The number of ether oxygens (including phenoxy) is 1. The molecule has 2 N–H and O–H groups in total. The van der Waals surface area contributed by atoms with E-state index in [0.717, 1.165) is 27.1 Å². The summed E-state index contributed by atoms with van der Waals surface area (Å²) in [5, 5.41) is 10.7. The SMILES string of the molecule is CCOc1ccc(-c2cc3ccc[n+](O)c3[nH]2)cc1. The van der Waals surface area contributed by atoms with E-state index < -0.39 is 0 Å². The number of fused-ring (bicyclic) bond motifs is 1. The van der Waals surface area contributed by atoms with Gasteiger partial charge in [-0.05, 0) is 43.3 Å². The fourth-order valence-corrected chi connectivity index (χ4v) is 2.13. The number of nitrogens with one attached hydrogen (secondary N) is 1. The summed E-state index contributed by atoms with van der Waals surface area (Å²) in [5.41, 5.74) is 2.71. The number of H-pyrrole nitrogens is 1. The summed E-state index contributed by atoms with van der Waals surface area (Å²) >= 11 is 0. The average Bonchev–Trinajstić information content (AvgIpc) is 2.85. The number of aromatic nitrogens is 2. The van der Waals surface area contributed by atoms with Gasteiger partial charge in [-0.3, -0.25) is 0 Å². The van der Waals surface area contributed by atoms with Crippen LogP contribution in [0.4, 0.5) is 0 Å². The second kappa shape index (κ2) is 4.65. The molecule has 0 amide bonds. The van der Waals surface area contributed by atoms with E-state index in [0.29, 0.717) is 12.3 Å². The molecule has 0 aliphatic carbocycles. The zero-order valence-corrected chi connectivity index (χ0v) is 10.6. The summed E-state index contributed by atoms with van der Waals surface area (Å²) in [5.74, 6) is 0.861. The first kappa shape index (κ1) is 11.6. The average molecular weight is 255 g/mol. The number of rotatable bonds is 3. The summed E-state index contributed by atoms with van der Waals surface area (Å²) in [4.78, 5) is 3.20. The Hall–Kier alpha value is -2.49. The molecule has 0 aliphatic rings. The predicted molar refractivity (Wildman–Crippen MR) is 72.3 cm³/mol. The topological polar surface area (TPSA) is 49.1 Å². The highest BCUT2D eigenvalue weighted by atomic mass is 16.5. The third-order valence-corrected chi connectivity index (χ3v) is 3.03. The van der Waals surface area contributed by atoms with Crippen LogP contribution in [0.3, 0.4) is 0 Å². The molecule has 1 aromatic carbocycles. The first-order valence-corrected chi connectivity index (χ1v) is 6.24. The van der Waals surface area contributed by atoms with E-state index in [9.17, 15) is 5.21 Å². The van der Waals surface area contributed by atoms with Gasteiger partial charge in [-0.15, -0.1) is 0 Å². The van der Waals surface area contributed by atoms with Gasteiger partial charge in [0.05, 0.1) is 12.0 Å². The van der Waals surface area contributed by atoms with Crippen LogP contribution < -0.4 is 9.47 Å². The molecule has 0 unspecified atom stereocenters. The zero-order chi connectivity index (χ0) is 13.2. The minimum Gasteiger partial charge on any atom is -0.494 e. The van der Waals surface area contributed by atoms with Crippen LogP contribution in [0.2, 0.25) is 0 Å². The molecule has 0 saturated heterocycles. The molecule has 3 rings (SSSR count). The van der Waals surface area contributed by atoms with Crippen molar-refractivity contribution in [3.8, 4) is 17.0 Å². The molecule has 0 bridgehead atoms. The number of hydrogen-bond donors (Lipinski definition) is 2. The Balaban J connectivity index is 2.01. The lowest BCUT2D eigenvalue weighted by molar-refractivity contribution is -0.885. The van der Waals surface area contributed by atoms with Gasteiger partial charge in [0.25, 0.3) is 0 Å². The van der Waals surface area contributed by atoms with Crippen LogP contribution in [0, 0.1) is 0 Å². The quantitative estimate of drug-likeness (QED) is 0.558. The Morgan fingerprint density at radius 1 is 1.21 bits per heavy atom. The van der Waals surface area contributed by atoms with Crippen molar-refractivity contribution in [2.24, 2.45) is 0 Å².